The molecule has 5 heteroatoms. The van der Waals surface area contributed by atoms with Gasteiger partial charge >= 0.3 is 0 Å². The van der Waals surface area contributed by atoms with E-state index in [0.29, 0.717) is 13.2 Å². The molecule has 1 heterocycles. The Morgan fingerprint density at radius 2 is 2.21 bits per heavy atom. The Kier molecular flexibility index (Phi) is 4.52. The van der Waals surface area contributed by atoms with Gasteiger partial charge in [0.25, 0.3) is 0 Å². The Balaban J connectivity index is 2.07. The van der Waals surface area contributed by atoms with Gasteiger partial charge in [0.05, 0.1) is 0 Å². The molecule has 0 atom stereocenters. The first kappa shape index (κ1) is 13.5. The number of hydrogen-bond acceptors (Lipinski definition) is 4. The zero-order valence-corrected chi connectivity index (χ0v) is 11.5. The largest absolute Gasteiger partial charge is 0.485 e. The van der Waals surface area contributed by atoms with E-state index in [9.17, 15) is 0 Å². The van der Waals surface area contributed by atoms with Gasteiger partial charge < -0.3 is 10.5 Å². The molecule has 0 fully saturated rings. The maximum absolute atomic E-state index is 5.81. The molecule has 0 aliphatic rings. The number of rotatable bonds is 6. The normalized spacial score (nSPS) is 10.7. The van der Waals surface area contributed by atoms with Crippen LogP contribution in [0.4, 0.5) is 0 Å². The highest BCUT2D eigenvalue weighted by Crippen LogP contribution is 2.20. The van der Waals surface area contributed by atoms with Gasteiger partial charge in [-0.2, -0.15) is 5.10 Å². The standard InChI is InChI=1S/C14H20N4O/c1-3-6-18-14(16-10-17-18)9-19-13-5-4-11(2)7-12(13)8-15/h4-5,7,10H,3,6,8-9,15H2,1-2H3. The summed E-state index contributed by atoms with van der Waals surface area (Å²) in [6.07, 6.45) is 2.59. The van der Waals surface area contributed by atoms with Crippen molar-refractivity contribution in [3.05, 3.63) is 41.5 Å². The lowest BCUT2D eigenvalue weighted by Crippen LogP contribution is -2.10. The molecule has 0 unspecified atom stereocenters. The van der Waals surface area contributed by atoms with Gasteiger partial charge in [-0.1, -0.05) is 24.6 Å². The summed E-state index contributed by atoms with van der Waals surface area (Å²) >= 11 is 0. The molecule has 0 spiro atoms. The van der Waals surface area contributed by atoms with E-state index >= 15 is 0 Å². The topological polar surface area (TPSA) is 66.0 Å². The van der Waals surface area contributed by atoms with Crippen molar-refractivity contribution in [1.29, 1.82) is 0 Å². The van der Waals surface area contributed by atoms with Crippen molar-refractivity contribution >= 4 is 0 Å². The van der Waals surface area contributed by atoms with Crippen LogP contribution >= 0.6 is 0 Å². The van der Waals surface area contributed by atoms with Gasteiger partial charge in [0.2, 0.25) is 0 Å². The van der Waals surface area contributed by atoms with E-state index in [1.165, 1.54) is 5.56 Å². The fraction of sp³-hybridized carbons (Fsp3) is 0.429. The zero-order chi connectivity index (χ0) is 13.7. The van der Waals surface area contributed by atoms with Gasteiger partial charge in [0, 0.05) is 18.7 Å². The SMILES string of the molecule is CCCn1ncnc1COc1ccc(C)cc1CN. The van der Waals surface area contributed by atoms with Gasteiger partial charge in [-0.3, -0.25) is 0 Å². The van der Waals surface area contributed by atoms with E-state index in [1.807, 2.05) is 29.8 Å². The highest BCUT2D eigenvalue weighted by atomic mass is 16.5. The van der Waals surface area contributed by atoms with Crippen molar-refractivity contribution < 1.29 is 4.74 Å². The molecular weight excluding hydrogens is 240 g/mol. The minimum absolute atomic E-state index is 0.413. The van der Waals surface area contributed by atoms with Crippen LogP contribution in [0.15, 0.2) is 24.5 Å². The summed E-state index contributed by atoms with van der Waals surface area (Å²) in [6, 6.07) is 6.02. The fourth-order valence-corrected chi connectivity index (χ4v) is 1.95. The van der Waals surface area contributed by atoms with Crippen LogP contribution in [0.1, 0.15) is 30.3 Å². The van der Waals surface area contributed by atoms with E-state index in [2.05, 4.69) is 17.0 Å². The number of aromatic nitrogens is 3. The Morgan fingerprint density at radius 1 is 1.37 bits per heavy atom. The Hall–Kier alpha value is -1.88. The number of hydrogen-bond donors (Lipinski definition) is 1. The molecule has 0 saturated carbocycles. The first-order chi connectivity index (χ1) is 9.24. The summed E-state index contributed by atoms with van der Waals surface area (Å²) in [5.74, 6) is 1.66. The van der Waals surface area contributed by atoms with Crippen molar-refractivity contribution in [3.63, 3.8) is 0 Å². The average molecular weight is 260 g/mol. The molecule has 0 bridgehead atoms. The molecule has 0 aliphatic carbocycles. The molecule has 5 nitrogen and oxygen atoms in total. The lowest BCUT2D eigenvalue weighted by Gasteiger charge is -2.11. The second kappa shape index (κ2) is 6.33. The second-order valence-corrected chi connectivity index (χ2v) is 4.50. The molecule has 0 saturated heterocycles. The molecule has 19 heavy (non-hydrogen) atoms. The Morgan fingerprint density at radius 3 is 2.95 bits per heavy atom. The molecule has 1 aromatic heterocycles. The van der Waals surface area contributed by atoms with Gasteiger partial charge in [0.1, 0.15) is 18.7 Å². The summed E-state index contributed by atoms with van der Waals surface area (Å²) in [4.78, 5) is 4.22. The van der Waals surface area contributed by atoms with Crippen LogP contribution < -0.4 is 10.5 Å². The quantitative estimate of drug-likeness (QED) is 0.863. The van der Waals surface area contributed by atoms with Gasteiger partial charge in [-0.05, 0) is 19.4 Å². The molecule has 2 rings (SSSR count). The molecular formula is C14H20N4O. The van der Waals surface area contributed by atoms with Crippen LogP contribution in [0.25, 0.3) is 0 Å². The highest BCUT2D eigenvalue weighted by Gasteiger charge is 2.07. The average Bonchev–Trinajstić information content (AvgIpc) is 2.85. The van der Waals surface area contributed by atoms with Crippen molar-refractivity contribution in [1.82, 2.24) is 14.8 Å². The van der Waals surface area contributed by atoms with Crippen molar-refractivity contribution in [2.24, 2.45) is 5.73 Å². The molecule has 1 aromatic carbocycles. The van der Waals surface area contributed by atoms with E-state index < -0.39 is 0 Å². The maximum atomic E-state index is 5.81. The molecule has 0 amide bonds. The summed E-state index contributed by atoms with van der Waals surface area (Å²) in [7, 11) is 0. The zero-order valence-electron chi connectivity index (χ0n) is 11.5. The lowest BCUT2D eigenvalue weighted by molar-refractivity contribution is 0.283. The number of nitrogens with two attached hydrogens (primary N) is 1. The van der Waals surface area contributed by atoms with Crippen molar-refractivity contribution in [3.8, 4) is 5.75 Å². The smallest absolute Gasteiger partial charge is 0.164 e. The minimum atomic E-state index is 0.413. The summed E-state index contributed by atoms with van der Waals surface area (Å²) in [5.41, 5.74) is 7.93. The summed E-state index contributed by atoms with van der Waals surface area (Å²) < 4.78 is 7.68. The fourth-order valence-electron chi connectivity index (χ4n) is 1.95. The first-order valence-electron chi connectivity index (χ1n) is 6.53. The van der Waals surface area contributed by atoms with Gasteiger partial charge in [-0.15, -0.1) is 0 Å². The second-order valence-electron chi connectivity index (χ2n) is 4.50. The molecule has 0 radical (unpaired) electrons. The number of benzene rings is 1. The monoisotopic (exact) mass is 260 g/mol. The molecule has 0 aliphatic heterocycles. The number of ether oxygens (including phenoxy) is 1. The highest BCUT2D eigenvalue weighted by molar-refractivity contribution is 5.36. The maximum Gasteiger partial charge on any atom is 0.164 e. The van der Waals surface area contributed by atoms with Crippen LogP contribution in [0.3, 0.4) is 0 Å². The summed E-state index contributed by atoms with van der Waals surface area (Å²) in [6.45, 7) is 5.89. The molecule has 2 N–H and O–H groups in total. The minimum Gasteiger partial charge on any atom is -0.485 e. The van der Waals surface area contributed by atoms with Gasteiger partial charge in [-0.25, -0.2) is 9.67 Å². The number of nitrogens with zero attached hydrogens (tertiary/aromatic N) is 3. The van der Waals surface area contributed by atoms with E-state index in [0.717, 1.165) is 30.1 Å². The summed E-state index contributed by atoms with van der Waals surface area (Å²) in [5, 5.41) is 4.18. The molecule has 2 aromatic rings. The number of aryl methyl sites for hydroxylation is 2. The lowest BCUT2D eigenvalue weighted by atomic mass is 10.1. The van der Waals surface area contributed by atoms with Crippen LogP contribution in [-0.2, 0) is 19.7 Å². The van der Waals surface area contributed by atoms with Gasteiger partial charge in [0.15, 0.2) is 5.82 Å². The van der Waals surface area contributed by atoms with Crippen molar-refractivity contribution in [2.45, 2.75) is 40.0 Å². The molecule has 102 valence electrons. The predicted octanol–water partition coefficient (Wildman–Crippen LogP) is 2.03. The van der Waals surface area contributed by atoms with Crippen molar-refractivity contribution in [2.75, 3.05) is 0 Å². The van der Waals surface area contributed by atoms with Crippen LogP contribution in [0.2, 0.25) is 0 Å². The first-order valence-corrected chi connectivity index (χ1v) is 6.53. The van der Waals surface area contributed by atoms with E-state index in [-0.39, 0.29) is 0 Å². The van der Waals surface area contributed by atoms with E-state index in [4.69, 9.17) is 10.5 Å². The third-order valence-electron chi connectivity index (χ3n) is 2.92. The van der Waals surface area contributed by atoms with Crippen LogP contribution in [0.5, 0.6) is 5.75 Å². The third-order valence-corrected chi connectivity index (χ3v) is 2.92. The Labute approximate surface area is 113 Å². The van der Waals surface area contributed by atoms with Crippen LogP contribution in [0, 0.1) is 6.92 Å². The third kappa shape index (κ3) is 3.32. The van der Waals surface area contributed by atoms with E-state index in [1.54, 1.807) is 6.33 Å². The van der Waals surface area contributed by atoms with Crippen LogP contribution in [-0.4, -0.2) is 14.8 Å². The Bertz CT molecular complexity index is 536. The predicted molar refractivity (Wildman–Crippen MR) is 73.7 cm³/mol.